The first-order chi connectivity index (χ1) is 11.5. The van der Waals surface area contributed by atoms with E-state index in [9.17, 15) is 0 Å². The second-order valence-corrected chi connectivity index (χ2v) is 7.39. The third-order valence-electron chi connectivity index (χ3n) is 5.06. The molecule has 0 aromatic heterocycles. The Morgan fingerprint density at radius 2 is 1.54 bits per heavy atom. The minimum absolute atomic E-state index is 0.848. The average molecular weight is 316 g/mol. The molecule has 0 atom stereocenters. The van der Waals surface area contributed by atoms with E-state index in [1.807, 2.05) is 0 Å². The number of aryl methyl sites for hydroxylation is 2. The summed E-state index contributed by atoms with van der Waals surface area (Å²) in [6.45, 7) is 5.34. The highest BCUT2D eigenvalue weighted by molar-refractivity contribution is 6.02. The lowest BCUT2D eigenvalue weighted by atomic mass is 10.0. The summed E-state index contributed by atoms with van der Waals surface area (Å²) >= 11 is 0. The summed E-state index contributed by atoms with van der Waals surface area (Å²) in [6.07, 6.45) is 2.32. The summed E-state index contributed by atoms with van der Waals surface area (Å²) in [5.74, 6) is 0. The van der Waals surface area contributed by atoms with Crippen molar-refractivity contribution in [1.82, 2.24) is 4.48 Å². The van der Waals surface area contributed by atoms with Crippen molar-refractivity contribution in [2.45, 2.75) is 13.8 Å². The molecule has 0 saturated heterocycles. The summed E-state index contributed by atoms with van der Waals surface area (Å²) in [7, 11) is 4.61. The molecule has 0 amide bonds. The molecule has 0 radical (unpaired) electrons. The maximum absolute atomic E-state index is 2.42. The molecule has 24 heavy (non-hydrogen) atoms. The van der Waals surface area contributed by atoms with E-state index in [1.165, 1.54) is 38.8 Å². The third-order valence-corrected chi connectivity index (χ3v) is 5.06. The Labute approximate surface area is 143 Å². The van der Waals surface area contributed by atoms with E-state index in [0.29, 0.717) is 0 Å². The highest BCUT2D eigenvalue weighted by atomic mass is 15.4. The SMILES string of the molecule is Cc1cccc(C)c1[N+]1=Cc2ccc3ccccc3c2[N+](C)(C)C1. The number of rotatable bonds is 1. The van der Waals surface area contributed by atoms with Gasteiger partial charge >= 0.3 is 0 Å². The van der Waals surface area contributed by atoms with E-state index < -0.39 is 0 Å². The largest absolute Gasteiger partial charge is 0.280 e. The van der Waals surface area contributed by atoms with Crippen molar-refractivity contribution in [2.24, 2.45) is 0 Å². The van der Waals surface area contributed by atoms with E-state index in [2.05, 4.69) is 93.3 Å². The molecule has 1 aliphatic rings. The normalized spacial score (nSPS) is 15.9. The summed E-state index contributed by atoms with van der Waals surface area (Å²) in [4.78, 5) is 0. The first kappa shape index (κ1) is 15.1. The van der Waals surface area contributed by atoms with Gasteiger partial charge in [-0.25, -0.2) is 4.48 Å². The van der Waals surface area contributed by atoms with Crippen molar-refractivity contribution in [3.05, 3.63) is 71.3 Å². The fraction of sp³-hybridized carbons (Fsp3) is 0.227. The van der Waals surface area contributed by atoms with Crippen LogP contribution in [0.5, 0.6) is 0 Å². The van der Waals surface area contributed by atoms with Gasteiger partial charge in [0.1, 0.15) is 5.56 Å². The summed E-state index contributed by atoms with van der Waals surface area (Å²) in [5, 5.41) is 2.67. The molecular weight excluding hydrogens is 292 g/mol. The zero-order valence-electron chi connectivity index (χ0n) is 14.9. The quantitative estimate of drug-likeness (QED) is 0.450. The number of hydrogen-bond acceptors (Lipinski definition) is 0. The number of quaternary nitrogens is 1. The second-order valence-electron chi connectivity index (χ2n) is 7.39. The Kier molecular flexibility index (Phi) is 3.33. The van der Waals surface area contributed by atoms with Crippen LogP contribution in [0, 0.1) is 13.8 Å². The van der Waals surface area contributed by atoms with E-state index in [0.717, 1.165) is 11.2 Å². The van der Waals surface area contributed by atoms with Crippen molar-refractivity contribution in [3.8, 4) is 0 Å². The minimum Gasteiger partial charge on any atom is -0.240 e. The smallest absolute Gasteiger partial charge is 0.240 e. The molecular formula is C22H24N2+2. The minimum atomic E-state index is 0.848. The zero-order chi connectivity index (χ0) is 16.9. The van der Waals surface area contributed by atoms with Crippen LogP contribution in [0.2, 0.25) is 0 Å². The molecule has 0 N–H and O–H groups in total. The van der Waals surface area contributed by atoms with Gasteiger partial charge in [0, 0.05) is 16.5 Å². The fourth-order valence-corrected chi connectivity index (χ4v) is 4.11. The molecule has 4 rings (SSSR count). The third kappa shape index (κ3) is 2.26. The monoisotopic (exact) mass is 316 g/mol. The topological polar surface area (TPSA) is 3.01 Å². The second kappa shape index (κ2) is 5.29. The fourth-order valence-electron chi connectivity index (χ4n) is 4.11. The van der Waals surface area contributed by atoms with Gasteiger partial charge in [-0.2, -0.15) is 0 Å². The number of benzene rings is 3. The predicted molar refractivity (Wildman–Crippen MR) is 103 cm³/mol. The molecule has 0 unspecified atom stereocenters. The van der Waals surface area contributed by atoms with Crippen LogP contribution in [0.4, 0.5) is 11.4 Å². The number of fused-ring (bicyclic) bond motifs is 3. The molecule has 0 spiro atoms. The van der Waals surface area contributed by atoms with Crippen LogP contribution in [0.1, 0.15) is 16.7 Å². The van der Waals surface area contributed by atoms with Crippen LogP contribution in [0.25, 0.3) is 10.8 Å². The van der Waals surface area contributed by atoms with Crippen molar-refractivity contribution in [2.75, 3.05) is 20.8 Å². The van der Waals surface area contributed by atoms with Crippen LogP contribution in [-0.2, 0) is 0 Å². The first-order valence-corrected chi connectivity index (χ1v) is 8.50. The van der Waals surface area contributed by atoms with Crippen LogP contribution < -0.4 is 4.48 Å². The van der Waals surface area contributed by atoms with Gasteiger partial charge in [-0.3, -0.25) is 0 Å². The van der Waals surface area contributed by atoms with Gasteiger partial charge in [0.25, 0.3) is 6.67 Å². The Hall–Kier alpha value is -2.45. The highest BCUT2D eigenvalue weighted by Crippen LogP contribution is 2.36. The Bertz CT molecular complexity index is 960. The van der Waals surface area contributed by atoms with Gasteiger partial charge in [0.15, 0.2) is 11.9 Å². The Morgan fingerprint density at radius 3 is 2.29 bits per heavy atom. The molecule has 0 aliphatic carbocycles. The zero-order valence-corrected chi connectivity index (χ0v) is 14.9. The number of hydrogen-bond donors (Lipinski definition) is 0. The van der Waals surface area contributed by atoms with E-state index >= 15 is 0 Å². The maximum atomic E-state index is 2.42. The van der Waals surface area contributed by atoms with Gasteiger partial charge in [0.05, 0.1) is 14.1 Å². The van der Waals surface area contributed by atoms with Gasteiger partial charge in [-0.05, 0) is 31.4 Å². The molecule has 2 nitrogen and oxygen atoms in total. The van der Waals surface area contributed by atoms with Crippen molar-refractivity contribution in [3.63, 3.8) is 0 Å². The molecule has 120 valence electrons. The Morgan fingerprint density at radius 1 is 0.833 bits per heavy atom. The van der Waals surface area contributed by atoms with E-state index in [4.69, 9.17) is 0 Å². The van der Waals surface area contributed by atoms with Gasteiger partial charge in [0.2, 0.25) is 5.69 Å². The summed E-state index contributed by atoms with van der Waals surface area (Å²) in [6, 6.07) is 19.7. The highest BCUT2D eigenvalue weighted by Gasteiger charge is 2.36. The van der Waals surface area contributed by atoms with E-state index in [-0.39, 0.29) is 0 Å². The lowest BCUT2D eigenvalue weighted by Crippen LogP contribution is -2.49. The van der Waals surface area contributed by atoms with Crippen molar-refractivity contribution >= 4 is 28.4 Å². The van der Waals surface area contributed by atoms with E-state index in [1.54, 1.807) is 0 Å². The predicted octanol–water partition coefficient (Wildman–Crippen LogP) is 4.76. The van der Waals surface area contributed by atoms with Gasteiger partial charge in [-0.15, -0.1) is 4.58 Å². The average Bonchev–Trinajstić information content (AvgIpc) is 2.53. The molecule has 1 heterocycles. The van der Waals surface area contributed by atoms with Gasteiger partial charge < -0.3 is 0 Å². The number of nitrogens with zero attached hydrogens (tertiary/aromatic N) is 2. The lowest BCUT2D eigenvalue weighted by Gasteiger charge is -2.32. The van der Waals surface area contributed by atoms with Crippen molar-refractivity contribution < 1.29 is 4.58 Å². The molecule has 0 saturated carbocycles. The first-order valence-electron chi connectivity index (χ1n) is 8.50. The van der Waals surface area contributed by atoms with Gasteiger partial charge in [-0.1, -0.05) is 42.5 Å². The molecule has 3 aromatic carbocycles. The van der Waals surface area contributed by atoms with Crippen LogP contribution in [0.15, 0.2) is 54.6 Å². The molecule has 0 bridgehead atoms. The standard InChI is InChI=1S/C22H24N2/c1-16-8-7-9-17(2)21(16)23-14-19-13-12-18-10-5-6-11-20(18)22(19)24(3,4)15-23/h5-14H,15H2,1-4H3/q+2. The maximum Gasteiger partial charge on any atom is 0.280 e. The molecule has 3 aromatic rings. The summed E-state index contributed by atoms with van der Waals surface area (Å²) in [5.41, 5.74) is 6.72. The van der Waals surface area contributed by atoms with Crippen molar-refractivity contribution in [1.29, 1.82) is 0 Å². The Balaban J connectivity index is 2.00. The number of para-hydroxylation sites is 1. The van der Waals surface area contributed by atoms with Crippen LogP contribution in [-0.4, -0.2) is 31.6 Å². The molecule has 0 fully saturated rings. The summed E-state index contributed by atoms with van der Waals surface area (Å²) < 4.78 is 3.27. The lowest BCUT2D eigenvalue weighted by molar-refractivity contribution is -0.459. The molecule has 1 aliphatic heterocycles. The molecule has 2 heteroatoms. The van der Waals surface area contributed by atoms with Crippen LogP contribution in [0.3, 0.4) is 0 Å². The van der Waals surface area contributed by atoms with Crippen LogP contribution >= 0.6 is 0 Å².